The van der Waals surface area contributed by atoms with Crippen molar-refractivity contribution in [2.75, 3.05) is 6.79 Å². The number of benzene rings is 1. The predicted octanol–water partition coefficient (Wildman–Crippen LogP) is 2.97. The molecule has 0 saturated carbocycles. The van der Waals surface area contributed by atoms with Crippen LogP contribution in [0.3, 0.4) is 0 Å². The van der Waals surface area contributed by atoms with E-state index in [0.717, 1.165) is 24.3 Å². The number of hydrogen-bond donors (Lipinski definition) is 0. The minimum atomic E-state index is 0.362. The summed E-state index contributed by atoms with van der Waals surface area (Å²) in [6.07, 6.45) is 2.27. The summed E-state index contributed by atoms with van der Waals surface area (Å²) in [4.78, 5) is 0. The van der Waals surface area contributed by atoms with Crippen LogP contribution in [0.4, 0.5) is 0 Å². The molecule has 0 unspecified atom stereocenters. The Labute approximate surface area is 91.4 Å². The zero-order valence-corrected chi connectivity index (χ0v) is 9.63. The van der Waals surface area contributed by atoms with E-state index < -0.39 is 0 Å². The molecule has 13 heavy (non-hydrogen) atoms. The number of aryl methyl sites for hydroxylation is 1. The van der Waals surface area contributed by atoms with Gasteiger partial charge in [0, 0.05) is 3.57 Å². The topological polar surface area (TPSA) is 18.5 Å². The van der Waals surface area contributed by atoms with Crippen LogP contribution in [-0.4, -0.2) is 6.79 Å². The molecule has 0 atom stereocenters. The van der Waals surface area contributed by atoms with Crippen LogP contribution in [0.2, 0.25) is 0 Å². The molecule has 1 aliphatic heterocycles. The minimum absolute atomic E-state index is 0.362. The van der Waals surface area contributed by atoms with Crippen molar-refractivity contribution in [1.82, 2.24) is 0 Å². The molecule has 1 aromatic carbocycles. The summed E-state index contributed by atoms with van der Waals surface area (Å²) in [5.41, 5.74) is 1.35. The Morgan fingerprint density at radius 2 is 2.00 bits per heavy atom. The van der Waals surface area contributed by atoms with E-state index in [1.807, 2.05) is 6.07 Å². The van der Waals surface area contributed by atoms with Crippen molar-refractivity contribution in [2.24, 2.45) is 0 Å². The lowest BCUT2D eigenvalue weighted by atomic mass is 10.1. The standard InChI is InChI=1S/C10H11IO2/c1-2-3-7-4-9-10(5-8(7)11)13-6-12-9/h4-5H,2-3,6H2,1H3. The Kier molecular flexibility index (Phi) is 2.62. The van der Waals surface area contributed by atoms with Crippen molar-refractivity contribution >= 4 is 22.6 Å². The van der Waals surface area contributed by atoms with Crippen LogP contribution in [-0.2, 0) is 6.42 Å². The molecule has 2 rings (SSSR count). The van der Waals surface area contributed by atoms with Gasteiger partial charge in [0.15, 0.2) is 11.5 Å². The van der Waals surface area contributed by atoms with E-state index >= 15 is 0 Å². The quantitative estimate of drug-likeness (QED) is 0.780. The molecule has 0 fully saturated rings. The van der Waals surface area contributed by atoms with E-state index in [4.69, 9.17) is 9.47 Å². The van der Waals surface area contributed by atoms with E-state index in [-0.39, 0.29) is 0 Å². The molecule has 1 aromatic rings. The highest BCUT2D eigenvalue weighted by atomic mass is 127. The fourth-order valence-electron chi connectivity index (χ4n) is 1.42. The molecule has 1 heterocycles. The monoisotopic (exact) mass is 290 g/mol. The van der Waals surface area contributed by atoms with E-state index in [9.17, 15) is 0 Å². The smallest absolute Gasteiger partial charge is 0.231 e. The van der Waals surface area contributed by atoms with Crippen molar-refractivity contribution < 1.29 is 9.47 Å². The maximum atomic E-state index is 5.31. The van der Waals surface area contributed by atoms with E-state index in [0.29, 0.717) is 6.79 Å². The van der Waals surface area contributed by atoms with Gasteiger partial charge in [-0.2, -0.15) is 0 Å². The lowest BCUT2D eigenvalue weighted by molar-refractivity contribution is 0.174. The van der Waals surface area contributed by atoms with Gasteiger partial charge in [0.05, 0.1) is 0 Å². The van der Waals surface area contributed by atoms with Crippen LogP contribution in [0.1, 0.15) is 18.9 Å². The third-order valence-electron chi connectivity index (χ3n) is 2.06. The summed E-state index contributed by atoms with van der Waals surface area (Å²) >= 11 is 2.34. The number of ether oxygens (including phenoxy) is 2. The molecule has 0 aliphatic carbocycles. The second-order valence-corrected chi connectivity index (χ2v) is 4.21. The van der Waals surface area contributed by atoms with Gasteiger partial charge >= 0.3 is 0 Å². The van der Waals surface area contributed by atoms with E-state index in [1.165, 1.54) is 9.13 Å². The van der Waals surface area contributed by atoms with Crippen molar-refractivity contribution in [3.8, 4) is 11.5 Å². The van der Waals surface area contributed by atoms with Gasteiger partial charge < -0.3 is 9.47 Å². The van der Waals surface area contributed by atoms with Crippen molar-refractivity contribution in [1.29, 1.82) is 0 Å². The van der Waals surface area contributed by atoms with Gasteiger partial charge in [-0.25, -0.2) is 0 Å². The molecule has 70 valence electrons. The normalized spacial score (nSPS) is 13.4. The average molecular weight is 290 g/mol. The van der Waals surface area contributed by atoms with Crippen LogP contribution in [0.15, 0.2) is 12.1 Å². The zero-order chi connectivity index (χ0) is 9.26. The zero-order valence-electron chi connectivity index (χ0n) is 7.47. The second-order valence-electron chi connectivity index (χ2n) is 3.05. The molecule has 0 saturated heterocycles. The number of halogens is 1. The predicted molar refractivity (Wildman–Crippen MR) is 59.3 cm³/mol. The summed E-state index contributed by atoms with van der Waals surface area (Å²) in [7, 11) is 0. The third-order valence-corrected chi connectivity index (χ3v) is 3.07. The first-order valence-electron chi connectivity index (χ1n) is 4.39. The summed E-state index contributed by atoms with van der Waals surface area (Å²) < 4.78 is 11.9. The van der Waals surface area contributed by atoms with E-state index in [1.54, 1.807) is 0 Å². The van der Waals surface area contributed by atoms with Crippen molar-refractivity contribution in [3.63, 3.8) is 0 Å². The molecule has 0 spiro atoms. The molecule has 1 aliphatic rings. The van der Waals surface area contributed by atoms with Gasteiger partial charge in [0.1, 0.15) is 0 Å². The van der Waals surface area contributed by atoms with Gasteiger partial charge in [-0.05, 0) is 46.7 Å². The first-order valence-corrected chi connectivity index (χ1v) is 5.47. The minimum Gasteiger partial charge on any atom is -0.454 e. The maximum Gasteiger partial charge on any atom is 0.231 e. The average Bonchev–Trinajstić information content (AvgIpc) is 2.52. The third kappa shape index (κ3) is 1.75. The highest BCUT2D eigenvalue weighted by Crippen LogP contribution is 2.35. The molecule has 3 heteroatoms. The molecule has 0 aromatic heterocycles. The van der Waals surface area contributed by atoms with Crippen molar-refractivity contribution in [2.45, 2.75) is 19.8 Å². The summed E-state index contributed by atoms with van der Waals surface area (Å²) in [5.74, 6) is 1.77. The first kappa shape index (κ1) is 9.12. The van der Waals surface area contributed by atoms with Gasteiger partial charge in [0.25, 0.3) is 0 Å². The Bertz CT molecular complexity index is 323. The number of hydrogen-bond acceptors (Lipinski definition) is 2. The summed E-state index contributed by atoms with van der Waals surface area (Å²) in [5, 5.41) is 0. The molecule has 0 bridgehead atoms. The van der Waals surface area contributed by atoms with Crippen LogP contribution in [0.5, 0.6) is 11.5 Å². The maximum absolute atomic E-state index is 5.31. The van der Waals surface area contributed by atoms with Gasteiger partial charge in [-0.15, -0.1) is 0 Å². The van der Waals surface area contributed by atoms with Crippen LogP contribution < -0.4 is 9.47 Å². The van der Waals surface area contributed by atoms with Crippen LogP contribution >= 0.6 is 22.6 Å². The first-order chi connectivity index (χ1) is 6.31. The largest absolute Gasteiger partial charge is 0.454 e. The van der Waals surface area contributed by atoms with Gasteiger partial charge in [0.2, 0.25) is 6.79 Å². The lowest BCUT2D eigenvalue weighted by Crippen LogP contribution is -1.92. The molecule has 0 radical (unpaired) electrons. The highest BCUT2D eigenvalue weighted by Gasteiger charge is 2.15. The van der Waals surface area contributed by atoms with Crippen LogP contribution in [0, 0.1) is 3.57 Å². The fourth-order valence-corrected chi connectivity index (χ4v) is 2.13. The number of rotatable bonds is 2. The SMILES string of the molecule is CCCc1cc2c(cc1I)OCO2. The Balaban J connectivity index is 2.37. The Hall–Kier alpha value is -0.450. The molecule has 0 amide bonds. The molecular weight excluding hydrogens is 279 g/mol. The van der Waals surface area contributed by atoms with Crippen LogP contribution in [0.25, 0.3) is 0 Å². The summed E-state index contributed by atoms with van der Waals surface area (Å²) in [6.45, 7) is 2.54. The summed E-state index contributed by atoms with van der Waals surface area (Å²) in [6, 6.07) is 4.14. The Morgan fingerprint density at radius 3 is 2.69 bits per heavy atom. The second kappa shape index (κ2) is 3.74. The lowest BCUT2D eigenvalue weighted by Gasteiger charge is -2.04. The highest BCUT2D eigenvalue weighted by molar-refractivity contribution is 14.1. The van der Waals surface area contributed by atoms with Gasteiger partial charge in [-0.1, -0.05) is 13.3 Å². The Morgan fingerprint density at radius 1 is 1.31 bits per heavy atom. The molecule has 0 N–H and O–H groups in total. The number of fused-ring (bicyclic) bond motifs is 1. The fraction of sp³-hybridized carbons (Fsp3) is 0.400. The molecule has 2 nitrogen and oxygen atoms in total. The van der Waals surface area contributed by atoms with Crippen molar-refractivity contribution in [3.05, 3.63) is 21.3 Å². The van der Waals surface area contributed by atoms with E-state index in [2.05, 4.69) is 35.6 Å². The van der Waals surface area contributed by atoms with Gasteiger partial charge in [-0.3, -0.25) is 0 Å². The molecular formula is C10H11IO2.